The van der Waals surface area contributed by atoms with Crippen LogP contribution in [0, 0.1) is 0 Å². The Morgan fingerprint density at radius 2 is 1.67 bits per heavy atom. The van der Waals surface area contributed by atoms with E-state index in [1.807, 2.05) is 60.8 Å². The zero-order valence-corrected chi connectivity index (χ0v) is 14.7. The average Bonchev–Trinajstić information content (AvgIpc) is 2.90. The molecule has 0 amide bonds. The summed E-state index contributed by atoms with van der Waals surface area (Å²) in [5, 5.41) is 11.6. The molecule has 1 aromatic heterocycles. The van der Waals surface area contributed by atoms with E-state index < -0.39 is 5.72 Å². The van der Waals surface area contributed by atoms with Gasteiger partial charge >= 0.3 is 0 Å². The number of hydrogen-bond donors (Lipinski definition) is 1. The lowest BCUT2D eigenvalue weighted by molar-refractivity contribution is -0.683. The molecule has 0 saturated carbocycles. The van der Waals surface area contributed by atoms with Gasteiger partial charge in [-0.25, -0.2) is 9.47 Å². The molecule has 0 aliphatic carbocycles. The first-order valence-corrected chi connectivity index (χ1v) is 8.74. The second kappa shape index (κ2) is 6.04. The Morgan fingerprint density at radius 1 is 0.958 bits per heavy atom. The van der Waals surface area contributed by atoms with Gasteiger partial charge < -0.3 is 5.11 Å². The lowest BCUT2D eigenvalue weighted by Crippen LogP contribution is -2.45. The first kappa shape index (κ1) is 15.4. The fourth-order valence-corrected chi connectivity index (χ4v) is 3.56. The predicted molar refractivity (Wildman–Crippen MR) is 97.3 cm³/mol. The summed E-state index contributed by atoms with van der Waals surface area (Å²) < 4.78 is 3.11. The fraction of sp³-hybridized carbons (Fsp3) is 0.150. The van der Waals surface area contributed by atoms with E-state index in [2.05, 4.69) is 43.6 Å². The zero-order chi connectivity index (χ0) is 16.6. The van der Waals surface area contributed by atoms with Crippen molar-refractivity contribution in [3.8, 4) is 0 Å². The summed E-state index contributed by atoms with van der Waals surface area (Å²) in [4.78, 5) is 2.07. The maximum atomic E-state index is 11.6. The normalized spacial score (nSPS) is 19.3. The van der Waals surface area contributed by atoms with E-state index in [1.54, 1.807) is 0 Å². The third-order valence-corrected chi connectivity index (χ3v) is 5.05. The summed E-state index contributed by atoms with van der Waals surface area (Å²) in [6, 6.07) is 24.2. The lowest BCUT2D eigenvalue weighted by Gasteiger charge is -2.27. The summed E-state index contributed by atoms with van der Waals surface area (Å²) in [5.41, 5.74) is 1.00. The highest BCUT2D eigenvalue weighted by atomic mass is 79.9. The molecule has 4 rings (SSSR count). The van der Waals surface area contributed by atoms with Gasteiger partial charge in [-0.3, -0.25) is 0 Å². The molecule has 0 unspecified atom stereocenters. The largest absolute Gasteiger partial charge is 0.346 e. The van der Waals surface area contributed by atoms with Crippen LogP contribution in [-0.4, -0.2) is 5.11 Å². The van der Waals surface area contributed by atoms with Gasteiger partial charge in [-0.05, 0) is 23.8 Å². The molecule has 1 N–H and O–H groups in total. The van der Waals surface area contributed by atoms with Crippen LogP contribution >= 0.6 is 15.9 Å². The van der Waals surface area contributed by atoms with Crippen molar-refractivity contribution in [2.45, 2.75) is 18.8 Å². The highest BCUT2D eigenvalue weighted by molar-refractivity contribution is 9.10. The number of fused-ring (bicyclic) bond motifs is 1. The van der Waals surface area contributed by atoms with Crippen molar-refractivity contribution >= 4 is 21.7 Å². The van der Waals surface area contributed by atoms with E-state index in [-0.39, 0.29) is 0 Å². The molecule has 4 heteroatoms. The minimum absolute atomic E-state index is 0.512. The first-order chi connectivity index (χ1) is 11.7. The Morgan fingerprint density at radius 3 is 2.42 bits per heavy atom. The van der Waals surface area contributed by atoms with Crippen LogP contribution in [0.3, 0.4) is 0 Å². The molecule has 2 heterocycles. The van der Waals surface area contributed by atoms with E-state index in [1.165, 1.54) is 5.56 Å². The molecule has 1 aliphatic rings. The van der Waals surface area contributed by atoms with Gasteiger partial charge in [0.15, 0.2) is 6.54 Å². The van der Waals surface area contributed by atoms with Crippen LogP contribution in [0.25, 0.3) is 0 Å². The topological polar surface area (TPSA) is 27.4 Å². The van der Waals surface area contributed by atoms with Gasteiger partial charge in [0.2, 0.25) is 0 Å². The van der Waals surface area contributed by atoms with Crippen molar-refractivity contribution in [2.75, 3.05) is 4.90 Å². The van der Waals surface area contributed by atoms with E-state index in [4.69, 9.17) is 0 Å². The molecular formula is C20H18BrN2O+. The molecule has 24 heavy (non-hydrogen) atoms. The molecule has 1 atom stereocenters. The number of rotatable bonds is 3. The first-order valence-electron chi connectivity index (χ1n) is 7.95. The van der Waals surface area contributed by atoms with Crippen molar-refractivity contribution in [1.82, 2.24) is 0 Å². The fourth-order valence-electron chi connectivity index (χ4n) is 3.30. The number of pyridine rings is 1. The summed E-state index contributed by atoms with van der Waals surface area (Å²) >= 11 is 3.47. The number of nitrogens with zero attached hydrogens (tertiary/aromatic N) is 2. The second-order valence-electron chi connectivity index (χ2n) is 6.08. The minimum atomic E-state index is -1.06. The molecule has 120 valence electrons. The maximum Gasteiger partial charge on any atom is 0.279 e. The number of aliphatic hydroxyl groups is 1. The maximum absolute atomic E-state index is 11.6. The van der Waals surface area contributed by atoms with E-state index in [0.29, 0.717) is 13.1 Å². The lowest BCUT2D eigenvalue weighted by atomic mass is 10.0. The molecule has 0 saturated heterocycles. The van der Waals surface area contributed by atoms with Crippen LogP contribution in [-0.2, 0) is 18.8 Å². The second-order valence-corrected chi connectivity index (χ2v) is 7.00. The quantitative estimate of drug-likeness (QED) is 0.701. The molecule has 0 radical (unpaired) electrons. The number of anilines is 1. The molecule has 1 aliphatic heterocycles. The Kier molecular flexibility index (Phi) is 3.87. The Bertz CT molecular complexity index is 851. The van der Waals surface area contributed by atoms with Crippen molar-refractivity contribution in [1.29, 1.82) is 0 Å². The van der Waals surface area contributed by atoms with Crippen LogP contribution in [0.1, 0.15) is 11.1 Å². The van der Waals surface area contributed by atoms with E-state index in [9.17, 15) is 5.11 Å². The van der Waals surface area contributed by atoms with Crippen LogP contribution < -0.4 is 9.47 Å². The van der Waals surface area contributed by atoms with Crippen molar-refractivity contribution in [3.05, 3.63) is 94.6 Å². The van der Waals surface area contributed by atoms with Crippen LogP contribution in [0.4, 0.5) is 5.82 Å². The summed E-state index contributed by atoms with van der Waals surface area (Å²) in [7, 11) is 0. The summed E-state index contributed by atoms with van der Waals surface area (Å²) in [6.07, 6.45) is 2.02. The Hall–Kier alpha value is -2.17. The van der Waals surface area contributed by atoms with E-state index in [0.717, 1.165) is 15.9 Å². The van der Waals surface area contributed by atoms with Gasteiger partial charge in [0.05, 0.1) is 6.20 Å². The average molecular weight is 382 g/mol. The van der Waals surface area contributed by atoms with Gasteiger partial charge in [0.1, 0.15) is 6.54 Å². The number of benzene rings is 2. The van der Waals surface area contributed by atoms with Crippen LogP contribution in [0.5, 0.6) is 0 Å². The number of aromatic nitrogens is 1. The Labute approximate surface area is 149 Å². The smallest absolute Gasteiger partial charge is 0.279 e. The molecule has 2 aromatic carbocycles. The third-order valence-electron chi connectivity index (χ3n) is 4.52. The molecular weight excluding hydrogens is 364 g/mol. The number of halogens is 1. The monoisotopic (exact) mass is 381 g/mol. The van der Waals surface area contributed by atoms with Gasteiger partial charge in [-0.15, -0.1) is 0 Å². The van der Waals surface area contributed by atoms with Crippen LogP contribution in [0.2, 0.25) is 0 Å². The van der Waals surface area contributed by atoms with Gasteiger partial charge in [-0.2, -0.15) is 0 Å². The molecule has 0 bridgehead atoms. The highest BCUT2D eigenvalue weighted by Crippen LogP contribution is 2.36. The van der Waals surface area contributed by atoms with Gasteiger partial charge in [0, 0.05) is 16.1 Å². The van der Waals surface area contributed by atoms with Gasteiger partial charge in [-0.1, -0.05) is 64.5 Å². The van der Waals surface area contributed by atoms with Crippen molar-refractivity contribution in [3.63, 3.8) is 0 Å². The predicted octanol–water partition coefficient (Wildman–Crippen LogP) is 3.60. The third kappa shape index (κ3) is 2.62. The summed E-state index contributed by atoms with van der Waals surface area (Å²) in [5.74, 6) is 1.02. The SMILES string of the molecule is O[C@]1(c2ccc(Br)cc2)C[n+]2ccccc2N1Cc1ccccc1. The molecule has 3 aromatic rings. The van der Waals surface area contributed by atoms with E-state index >= 15 is 0 Å². The van der Waals surface area contributed by atoms with Crippen LogP contribution in [0.15, 0.2) is 83.5 Å². The summed E-state index contributed by atoms with van der Waals surface area (Å²) in [6.45, 7) is 1.16. The molecule has 3 nitrogen and oxygen atoms in total. The molecule has 0 spiro atoms. The molecule has 0 fully saturated rings. The van der Waals surface area contributed by atoms with Crippen molar-refractivity contribution in [2.24, 2.45) is 0 Å². The zero-order valence-electron chi connectivity index (χ0n) is 13.1. The Balaban J connectivity index is 1.79. The number of hydrogen-bond acceptors (Lipinski definition) is 2. The highest BCUT2D eigenvalue weighted by Gasteiger charge is 2.51. The standard InChI is InChI=1S/C20H18BrN2O/c21-18-11-9-17(10-12-18)20(24)15-22-13-5-4-8-19(22)23(20)14-16-6-2-1-3-7-16/h1-13,24H,14-15H2/q+1/t20-/m0/s1. The van der Waals surface area contributed by atoms with Gasteiger partial charge in [0.25, 0.3) is 11.5 Å². The van der Waals surface area contributed by atoms with Crippen molar-refractivity contribution < 1.29 is 9.67 Å². The minimum Gasteiger partial charge on any atom is -0.346 e.